The molecule has 0 aliphatic heterocycles. The van der Waals surface area contributed by atoms with E-state index in [1.807, 2.05) is 13.8 Å². The molecule has 6 aromatic rings. The number of carbonyl (C=O) groups excluding carboxylic acids is 6. The van der Waals surface area contributed by atoms with Crippen LogP contribution in [0.1, 0.15) is 234 Å². The summed E-state index contributed by atoms with van der Waals surface area (Å²) in [6, 6.07) is 28.3. The summed E-state index contributed by atoms with van der Waals surface area (Å²) in [5, 5.41) is 53.8. The van der Waals surface area contributed by atoms with Crippen LogP contribution in [0.3, 0.4) is 0 Å². The molecular formula is C105H178BrIO36. The first kappa shape index (κ1) is 151. The molecule has 0 radical (unpaired) electrons. The highest BCUT2D eigenvalue weighted by atomic mass is 127. The second kappa shape index (κ2) is 110. The summed E-state index contributed by atoms with van der Waals surface area (Å²) < 4.78 is 125. The Morgan fingerprint density at radius 1 is 0.252 bits per heavy atom. The Labute approximate surface area is 876 Å². The monoisotopic (exact) mass is 2220 g/mol. The number of phenolic OH excluding ortho intramolecular Hbond substituents is 2. The molecule has 0 amide bonds. The van der Waals surface area contributed by atoms with Gasteiger partial charge in [0.2, 0.25) is 0 Å². The number of ether oxygens (including phenoxy) is 24. The average Bonchev–Trinajstić information content (AvgIpc) is 0.827. The minimum absolute atomic E-state index is 0. The Morgan fingerprint density at radius 2 is 0.462 bits per heavy atom. The standard InChI is InChI=1S/C19H30O6.C16H24O6.2C14H20O6.2C12H16O5.C5H11Br.C3H8O.C3H8.C2H5IO.5CH4/c1-4-6-7-10-22-12-14-25-18-15-16(19(20)23-5-2)8-9-17(18)24-13-11-21-3;1-4-19-9-11-22-15-12-13(16(17)20-5-2)6-7-14(15)21-10-8-18-3;2*1-3-18-14(16)11-4-5-12(20-9-8-17-2)13(10-11)19-7-6-15;2*1-3-16-12(14)9-4-5-11(10(13)8-9)17-7-6-15-2;1-2-3-4-5-6;1-2-3-4;1-3-2;3-1-2-4;;;;;/h8-9,15H,4-7,10-14H2,1-3H3;6-7,12H,4-5,8-11H2,1-3H3;2*4-5,10,15H,3,6-9H2,1-2H3;2*4-5,8,13H,3,6-7H2,1-2H3;2-5H2,1H3;4H,2-3H2,1H3;3H2,1-2H3;4H,1-2H2;5*1H4. The normalized spacial score (nSPS) is 9.57. The Bertz CT molecular complexity index is 3790. The van der Waals surface area contributed by atoms with Crippen LogP contribution in [0.15, 0.2) is 109 Å². The summed E-state index contributed by atoms with van der Waals surface area (Å²) in [6.45, 7) is 33.4. The highest BCUT2D eigenvalue weighted by Gasteiger charge is 2.19. The first-order valence-electron chi connectivity index (χ1n) is 46.1. The van der Waals surface area contributed by atoms with Crippen LogP contribution in [0, 0.1) is 0 Å². The van der Waals surface area contributed by atoms with Gasteiger partial charge in [0, 0.05) is 72.2 Å². The molecule has 0 aromatic heterocycles. The number of alkyl halides is 2. The molecule has 0 fully saturated rings. The topological polar surface area (TPSA) is 445 Å². The van der Waals surface area contributed by atoms with E-state index < -0.39 is 23.9 Å². The zero-order valence-electron chi connectivity index (χ0n) is 84.4. The number of aliphatic hydroxyl groups is 4. The molecule has 0 heterocycles. The van der Waals surface area contributed by atoms with Crippen molar-refractivity contribution in [2.45, 2.75) is 172 Å². The van der Waals surface area contributed by atoms with E-state index in [0.717, 1.165) is 23.9 Å². The van der Waals surface area contributed by atoms with E-state index in [-0.39, 0.29) is 87.0 Å². The van der Waals surface area contributed by atoms with Gasteiger partial charge < -0.3 is 144 Å². The van der Waals surface area contributed by atoms with E-state index in [1.165, 1.54) is 80.3 Å². The predicted molar refractivity (Wildman–Crippen MR) is 571 cm³/mol. The van der Waals surface area contributed by atoms with E-state index in [4.69, 9.17) is 134 Å². The summed E-state index contributed by atoms with van der Waals surface area (Å²) in [5.74, 6) is 1.76. The lowest BCUT2D eigenvalue weighted by molar-refractivity contribution is 0.0515. The molecule has 0 aliphatic rings. The Hall–Kier alpha value is -9.53. The SMILES string of the molecule is C.C.C.C.C.CCC.CCCCCBr.CCCCCOCCOc1cc(C(=O)OCC)ccc1OCCOC.CCCO.CCOC(=O)c1ccc(OCCOC)c(O)c1.CCOC(=O)c1ccc(OCCOC)c(O)c1.CCOC(=O)c1ccc(OCCOC)c(OCCO)c1.CCOC(=O)c1ccc(OCCOC)c(OCCO)c1.CCOCCOc1cc(C(=O)OCC)ccc1OCCOC.OCCI. The lowest BCUT2D eigenvalue weighted by atomic mass is 10.2. The minimum atomic E-state index is -0.466. The molecule has 0 saturated heterocycles. The summed E-state index contributed by atoms with van der Waals surface area (Å²) in [7, 11) is 9.50. The molecular weight excluding hydrogens is 2040 g/mol. The molecule has 0 atom stereocenters. The lowest BCUT2D eigenvalue weighted by Crippen LogP contribution is -2.11. The number of rotatable bonds is 60. The third kappa shape index (κ3) is 79.4. The fourth-order valence-electron chi connectivity index (χ4n) is 9.47. The number of unbranched alkanes of at least 4 members (excludes halogenated alkanes) is 4. The molecule has 0 aliphatic carbocycles. The number of phenols is 2. The van der Waals surface area contributed by atoms with Crippen molar-refractivity contribution in [1.82, 2.24) is 0 Å². The van der Waals surface area contributed by atoms with E-state index in [9.17, 15) is 39.0 Å². The predicted octanol–water partition coefficient (Wildman–Crippen LogP) is 19.5. The Balaban J connectivity index is -0.000000207. The number of esters is 6. The van der Waals surface area contributed by atoms with Crippen LogP contribution in [0.25, 0.3) is 0 Å². The Kier molecular flexibility index (Phi) is 116. The van der Waals surface area contributed by atoms with Crippen molar-refractivity contribution in [3.8, 4) is 69.0 Å². The van der Waals surface area contributed by atoms with E-state index >= 15 is 0 Å². The fraction of sp³-hybridized carbons (Fsp3) is 0.600. The molecule has 6 aromatic carbocycles. The summed E-state index contributed by atoms with van der Waals surface area (Å²) >= 11 is 5.45. The number of aromatic hydroxyl groups is 2. The van der Waals surface area contributed by atoms with Crippen molar-refractivity contribution >= 4 is 74.3 Å². The van der Waals surface area contributed by atoms with Crippen molar-refractivity contribution in [2.24, 2.45) is 0 Å². The molecule has 6 N–H and O–H groups in total. The molecule has 36 nitrogen and oxygen atoms in total. The van der Waals surface area contributed by atoms with Crippen LogP contribution < -0.4 is 47.4 Å². The van der Waals surface area contributed by atoms with Crippen LogP contribution in [-0.4, -0.2) is 317 Å². The largest absolute Gasteiger partial charge is 0.504 e. The highest BCUT2D eigenvalue weighted by molar-refractivity contribution is 14.1. The van der Waals surface area contributed by atoms with Gasteiger partial charge in [-0.15, -0.1) is 0 Å². The molecule has 38 heteroatoms. The number of hydrogen-bond acceptors (Lipinski definition) is 36. The lowest BCUT2D eigenvalue weighted by Gasteiger charge is -2.14. The molecule has 0 saturated carbocycles. The number of methoxy groups -OCH3 is 6. The molecule has 6 rings (SSSR count). The van der Waals surface area contributed by atoms with Crippen molar-refractivity contribution < 1.29 is 173 Å². The zero-order valence-corrected chi connectivity index (χ0v) is 88.1. The molecule has 0 bridgehead atoms. The second-order valence-electron chi connectivity index (χ2n) is 27.0. The summed E-state index contributed by atoms with van der Waals surface area (Å²) in [5.41, 5.74) is 2.19. The van der Waals surface area contributed by atoms with Crippen molar-refractivity contribution in [2.75, 3.05) is 251 Å². The number of benzene rings is 6. The quantitative estimate of drug-likeness (QED) is 0.00679. The smallest absolute Gasteiger partial charge is 0.338 e. The van der Waals surface area contributed by atoms with Crippen LogP contribution in [-0.2, 0) is 66.3 Å². The van der Waals surface area contributed by atoms with Gasteiger partial charge in [0.25, 0.3) is 0 Å². The van der Waals surface area contributed by atoms with E-state index in [2.05, 4.69) is 66.2 Å². The van der Waals surface area contributed by atoms with Crippen molar-refractivity contribution in [3.05, 3.63) is 143 Å². The van der Waals surface area contributed by atoms with Crippen LogP contribution in [0.5, 0.6) is 69.0 Å². The van der Waals surface area contributed by atoms with Gasteiger partial charge in [-0.05, 0) is 177 Å². The van der Waals surface area contributed by atoms with Crippen LogP contribution in [0.4, 0.5) is 0 Å². The van der Waals surface area contributed by atoms with Gasteiger partial charge in [-0.25, -0.2) is 28.8 Å². The molecule has 0 spiro atoms. The maximum atomic E-state index is 11.9. The zero-order chi connectivity index (χ0) is 104. The minimum Gasteiger partial charge on any atom is -0.504 e. The van der Waals surface area contributed by atoms with Crippen molar-refractivity contribution in [1.29, 1.82) is 0 Å². The number of carbonyl (C=O) groups is 6. The van der Waals surface area contributed by atoms with E-state index in [0.29, 0.717) is 256 Å². The number of hydrogen-bond donors (Lipinski definition) is 6. The summed E-state index contributed by atoms with van der Waals surface area (Å²) in [6.07, 6.45) is 9.54. The van der Waals surface area contributed by atoms with Gasteiger partial charge in [0.1, 0.15) is 66.1 Å². The third-order valence-corrected chi connectivity index (χ3v) is 16.9. The van der Waals surface area contributed by atoms with Gasteiger partial charge in [-0.1, -0.05) is 142 Å². The fourth-order valence-corrected chi connectivity index (χ4v) is 9.87. The van der Waals surface area contributed by atoms with Gasteiger partial charge in [0.05, 0.1) is 146 Å². The first-order valence-corrected chi connectivity index (χ1v) is 48.8. The van der Waals surface area contributed by atoms with Crippen molar-refractivity contribution in [3.63, 3.8) is 0 Å². The number of aliphatic hydroxyl groups excluding tert-OH is 4. The first-order chi connectivity index (χ1) is 66.9. The van der Waals surface area contributed by atoms with Gasteiger partial charge in [-0.2, -0.15) is 0 Å². The Morgan fingerprint density at radius 3 is 0.657 bits per heavy atom. The van der Waals surface area contributed by atoms with Gasteiger partial charge in [0.15, 0.2) is 69.0 Å². The van der Waals surface area contributed by atoms with Crippen LogP contribution >= 0.6 is 38.5 Å². The maximum Gasteiger partial charge on any atom is 0.338 e. The molecule has 0 unspecified atom stereocenters. The second-order valence-corrected chi connectivity index (χ2v) is 28.9. The van der Waals surface area contributed by atoms with Gasteiger partial charge >= 0.3 is 35.8 Å². The molecule has 828 valence electrons. The average molecular weight is 2220 g/mol. The number of halogens is 2. The summed E-state index contributed by atoms with van der Waals surface area (Å²) in [4.78, 5) is 69.7. The third-order valence-electron chi connectivity index (χ3n) is 15.8. The molecule has 143 heavy (non-hydrogen) atoms. The van der Waals surface area contributed by atoms with E-state index in [1.54, 1.807) is 157 Å². The highest BCUT2D eigenvalue weighted by Crippen LogP contribution is 2.34. The van der Waals surface area contributed by atoms with Gasteiger partial charge in [-0.3, -0.25) is 0 Å². The maximum absolute atomic E-state index is 11.9. The van der Waals surface area contributed by atoms with Crippen LogP contribution in [0.2, 0.25) is 0 Å².